The van der Waals surface area contributed by atoms with Crippen LogP contribution in [0.15, 0.2) is 24.3 Å². The van der Waals surface area contributed by atoms with Crippen molar-refractivity contribution >= 4 is 0 Å². The van der Waals surface area contributed by atoms with Gasteiger partial charge < -0.3 is 0 Å². The third-order valence-electron chi connectivity index (χ3n) is 1.33. The van der Waals surface area contributed by atoms with Gasteiger partial charge in [-0.2, -0.15) is 0 Å². The second kappa shape index (κ2) is 9.78. The molecule has 0 fully saturated rings. The van der Waals surface area contributed by atoms with Gasteiger partial charge in [0.05, 0.1) is 0 Å². The molecule has 0 aromatic carbocycles. The Kier molecular flexibility index (Phi) is 13.1. The van der Waals surface area contributed by atoms with Crippen LogP contribution in [0.5, 0.6) is 0 Å². The summed E-state index contributed by atoms with van der Waals surface area (Å²) in [6.45, 7) is 0. The van der Waals surface area contributed by atoms with Crippen LogP contribution in [0.1, 0.15) is 25.7 Å². The topological polar surface area (TPSA) is 0 Å². The largest absolute Gasteiger partial charge is 0.0882 e. The molecule has 0 amide bonds. The molecule has 1 rings (SSSR count). The zero-order valence-electron chi connectivity index (χ0n) is 5.80. The van der Waals surface area contributed by atoms with Gasteiger partial charge in [-0.25, -0.2) is 0 Å². The Hall–Kier alpha value is 0.779. The molecule has 0 bridgehead atoms. The van der Waals surface area contributed by atoms with Gasteiger partial charge in [0.1, 0.15) is 0 Å². The Bertz CT molecular complexity index is 79.8. The van der Waals surface area contributed by atoms with Crippen molar-refractivity contribution in [2.75, 3.05) is 0 Å². The molecule has 1 aliphatic carbocycles. The summed E-state index contributed by atoms with van der Waals surface area (Å²) < 4.78 is 0. The van der Waals surface area contributed by atoms with Crippen LogP contribution in [0.25, 0.3) is 0 Å². The van der Waals surface area contributed by atoms with Crippen LogP contribution >= 0.6 is 0 Å². The van der Waals surface area contributed by atoms with E-state index in [0.29, 0.717) is 0 Å². The van der Waals surface area contributed by atoms with E-state index in [4.69, 9.17) is 0 Å². The van der Waals surface area contributed by atoms with Crippen molar-refractivity contribution in [3.05, 3.63) is 24.3 Å². The van der Waals surface area contributed by atoms with Gasteiger partial charge in [0.25, 0.3) is 0 Å². The predicted octanol–water partition coefficient (Wildman–Crippen LogP) is 2.67. The van der Waals surface area contributed by atoms with Crippen LogP contribution in [-0.4, -0.2) is 0 Å². The Morgan fingerprint density at radius 2 is 0.700 bits per heavy atom. The number of rotatable bonds is 0. The normalized spacial score (nSPS) is 16.0. The molecule has 0 aliphatic heterocycles. The first-order valence-electron chi connectivity index (χ1n) is 3.30. The molecule has 2 heteroatoms. The van der Waals surface area contributed by atoms with E-state index in [2.05, 4.69) is 24.3 Å². The van der Waals surface area contributed by atoms with Crippen molar-refractivity contribution in [3.63, 3.8) is 0 Å². The number of hydrogen-bond acceptors (Lipinski definition) is 0. The molecule has 62 valence electrons. The minimum atomic E-state index is 0. The molecule has 0 unspecified atom stereocenters. The summed E-state index contributed by atoms with van der Waals surface area (Å²) in [5.41, 5.74) is 0. The van der Waals surface area contributed by atoms with Crippen molar-refractivity contribution < 1.29 is 40.2 Å². The standard InChI is InChI=1S/C8H12.2Ir/c1-2-4-6-8-7-5-3-1;;/h1-2,7-8H,3-6H2;;. The van der Waals surface area contributed by atoms with E-state index in [1.54, 1.807) is 0 Å². The van der Waals surface area contributed by atoms with Gasteiger partial charge in [-0.3, -0.25) is 0 Å². The van der Waals surface area contributed by atoms with Crippen LogP contribution in [0.2, 0.25) is 0 Å². The molecule has 0 aromatic heterocycles. The first-order valence-corrected chi connectivity index (χ1v) is 3.30. The summed E-state index contributed by atoms with van der Waals surface area (Å²) in [7, 11) is 0. The van der Waals surface area contributed by atoms with Gasteiger partial charge in [-0.05, 0) is 25.7 Å². The molecule has 0 spiro atoms. The van der Waals surface area contributed by atoms with E-state index < -0.39 is 0 Å². The van der Waals surface area contributed by atoms with Gasteiger partial charge >= 0.3 is 0 Å². The van der Waals surface area contributed by atoms with Gasteiger partial charge in [0.15, 0.2) is 0 Å². The van der Waals surface area contributed by atoms with E-state index in [1.807, 2.05) is 0 Å². The molecule has 0 N–H and O–H groups in total. The molecule has 0 saturated heterocycles. The molecule has 1 aliphatic rings. The van der Waals surface area contributed by atoms with Crippen LogP contribution in [0.3, 0.4) is 0 Å². The molecule has 0 aromatic rings. The van der Waals surface area contributed by atoms with Crippen molar-refractivity contribution in [1.82, 2.24) is 0 Å². The zero-order valence-corrected chi connectivity index (χ0v) is 10.6. The van der Waals surface area contributed by atoms with E-state index in [9.17, 15) is 0 Å². The molecule has 10 heavy (non-hydrogen) atoms. The van der Waals surface area contributed by atoms with Crippen molar-refractivity contribution in [1.29, 1.82) is 0 Å². The second-order valence-corrected chi connectivity index (χ2v) is 2.10. The van der Waals surface area contributed by atoms with Gasteiger partial charge in [-0.15, -0.1) is 0 Å². The van der Waals surface area contributed by atoms with Gasteiger partial charge in [-0.1, -0.05) is 24.3 Å². The summed E-state index contributed by atoms with van der Waals surface area (Å²) in [5, 5.41) is 0. The average molecular weight is 493 g/mol. The average Bonchev–Trinajstić information content (AvgIpc) is 1.62. The molecule has 0 saturated carbocycles. The Morgan fingerprint density at radius 3 is 0.900 bits per heavy atom. The van der Waals surface area contributed by atoms with Crippen LogP contribution in [-0.2, 0) is 40.2 Å². The summed E-state index contributed by atoms with van der Waals surface area (Å²) in [6, 6.07) is 0. The molecular weight excluding hydrogens is 481 g/mol. The Balaban J connectivity index is 0. The van der Waals surface area contributed by atoms with Crippen LogP contribution in [0, 0.1) is 0 Å². The first kappa shape index (κ1) is 13.4. The minimum absolute atomic E-state index is 0. The van der Waals surface area contributed by atoms with E-state index in [0.717, 1.165) is 0 Å². The van der Waals surface area contributed by atoms with Crippen molar-refractivity contribution in [2.24, 2.45) is 0 Å². The molecule has 0 heterocycles. The summed E-state index contributed by atoms with van der Waals surface area (Å²) >= 11 is 0. The second-order valence-electron chi connectivity index (χ2n) is 2.10. The first-order chi connectivity index (χ1) is 4.00. The molecule has 0 nitrogen and oxygen atoms in total. The third-order valence-corrected chi connectivity index (χ3v) is 1.33. The number of hydrogen-bond donors (Lipinski definition) is 0. The maximum absolute atomic E-state index is 2.27. The monoisotopic (exact) mass is 494 g/mol. The van der Waals surface area contributed by atoms with Crippen molar-refractivity contribution in [3.8, 4) is 0 Å². The molecule has 2 radical (unpaired) electrons. The van der Waals surface area contributed by atoms with Gasteiger partial charge in [0, 0.05) is 40.2 Å². The van der Waals surface area contributed by atoms with E-state index in [1.165, 1.54) is 25.7 Å². The molecular formula is C8H12Ir2. The smallest absolute Gasteiger partial charge is 0 e. The predicted molar refractivity (Wildman–Crippen MR) is 36.7 cm³/mol. The van der Waals surface area contributed by atoms with Crippen molar-refractivity contribution in [2.45, 2.75) is 25.7 Å². The maximum Gasteiger partial charge on any atom is 0 e. The van der Waals surface area contributed by atoms with Crippen LogP contribution < -0.4 is 0 Å². The summed E-state index contributed by atoms with van der Waals surface area (Å²) in [6.07, 6.45) is 14.0. The SMILES string of the molecule is C1=CCCC=CCC1.[Ir].[Ir]. The van der Waals surface area contributed by atoms with Gasteiger partial charge in [0.2, 0.25) is 0 Å². The van der Waals surface area contributed by atoms with E-state index in [-0.39, 0.29) is 40.2 Å². The summed E-state index contributed by atoms with van der Waals surface area (Å²) in [4.78, 5) is 0. The maximum atomic E-state index is 2.27. The fourth-order valence-corrected chi connectivity index (χ4v) is 0.856. The fraction of sp³-hybridized carbons (Fsp3) is 0.500. The molecule has 0 atom stereocenters. The Morgan fingerprint density at radius 1 is 0.500 bits per heavy atom. The minimum Gasteiger partial charge on any atom is -0.0882 e. The Labute approximate surface area is 89.9 Å². The quantitative estimate of drug-likeness (QED) is 0.457. The van der Waals surface area contributed by atoms with Crippen LogP contribution in [0.4, 0.5) is 0 Å². The number of allylic oxidation sites excluding steroid dienone is 4. The third kappa shape index (κ3) is 6.89. The fourth-order valence-electron chi connectivity index (χ4n) is 0.856. The summed E-state index contributed by atoms with van der Waals surface area (Å²) in [5.74, 6) is 0. The zero-order chi connectivity index (χ0) is 5.66. The van der Waals surface area contributed by atoms with E-state index >= 15 is 0 Å².